The van der Waals surface area contributed by atoms with Gasteiger partial charge in [-0.25, -0.2) is 0 Å². The van der Waals surface area contributed by atoms with Crippen molar-refractivity contribution in [3.63, 3.8) is 0 Å². The second-order valence-electron chi connectivity index (χ2n) is 5.86. The maximum atomic E-state index is 5.18. The van der Waals surface area contributed by atoms with Crippen molar-refractivity contribution in [1.82, 2.24) is 15.5 Å². The number of ether oxygens (including phenoxy) is 1. The number of aliphatic imine (C=N–C) groups is 1. The van der Waals surface area contributed by atoms with Crippen LogP contribution in [0.3, 0.4) is 0 Å². The van der Waals surface area contributed by atoms with E-state index in [-0.39, 0.29) is 0 Å². The average molecular weight is 320 g/mol. The number of hydrogen-bond acceptors (Lipinski definition) is 3. The topological polar surface area (TPSA) is 48.9 Å². The summed E-state index contributed by atoms with van der Waals surface area (Å²) in [7, 11) is 3.82. The molecule has 0 aliphatic carbocycles. The van der Waals surface area contributed by atoms with Crippen molar-refractivity contribution in [3.8, 4) is 5.75 Å². The Morgan fingerprint density at radius 1 is 1.22 bits per heavy atom. The second kappa shape index (κ2) is 10.9. The predicted octanol–water partition coefficient (Wildman–Crippen LogP) is 2.13. The summed E-state index contributed by atoms with van der Waals surface area (Å²) in [4.78, 5) is 6.92. The van der Waals surface area contributed by atoms with Gasteiger partial charge in [-0.3, -0.25) is 4.99 Å². The number of rotatable bonds is 9. The third kappa shape index (κ3) is 7.88. The Balaban J connectivity index is 2.39. The molecule has 0 atom stereocenters. The summed E-state index contributed by atoms with van der Waals surface area (Å²) in [6.07, 6.45) is 0.959. The largest absolute Gasteiger partial charge is 0.497 e. The minimum atomic E-state index is 0.552. The van der Waals surface area contributed by atoms with Crippen LogP contribution < -0.4 is 15.4 Å². The standard InChI is InChI=1S/C18H32N4O/c1-6-19-18(21-13-14-22(4)15(2)3)20-12-11-16-7-9-17(23-5)10-8-16/h7-10,15H,6,11-14H2,1-5H3,(H2,19,20,21). The van der Waals surface area contributed by atoms with Crippen molar-refractivity contribution in [3.05, 3.63) is 29.8 Å². The molecule has 0 aromatic heterocycles. The molecule has 0 aliphatic heterocycles. The molecule has 0 fully saturated rings. The SMILES string of the molecule is CCNC(=NCCN(C)C(C)C)NCCc1ccc(OC)cc1. The van der Waals surface area contributed by atoms with Crippen molar-refractivity contribution >= 4 is 5.96 Å². The van der Waals surface area contributed by atoms with Gasteiger partial charge in [0.2, 0.25) is 0 Å². The average Bonchev–Trinajstić information content (AvgIpc) is 2.55. The molecule has 1 aromatic rings. The van der Waals surface area contributed by atoms with E-state index in [2.05, 4.69) is 60.5 Å². The molecule has 0 aliphatic rings. The molecule has 1 rings (SSSR count). The van der Waals surface area contributed by atoms with E-state index in [0.717, 1.165) is 44.3 Å². The first-order valence-electron chi connectivity index (χ1n) is 8.42. The molecule has 0 unspecified atom stereocenters. The quantitative estimate of drug-likeness (QED) is 0.541. The minimum absolute atomic E-state index is 0.552. The molecule has 0 bridgehead atoms. The smallest absolute Gasteiger partial charge is 0.191 e. The number of methoxy groups -OCH3 is 1. The van der Waals surface area contributed by atoms with E-state index in [9.17, 15) is 0 Å². The van der Waals surface area contributed by atoms with Crippen LogP contribution in [0.15, 0.2) is 29.3 Å². The molecule has 0 radical (unpaired) electrons. The van der Waals surface area contributed by atoms with Gasteiger partial charge >= 0.3 is 0 Å². The van der Waals surface area contributed by atoms with Gasteiger partial charge in [0, 0.05) is 25.7 Å². The van der Waals surface area contributed by atoms with Crippen LogP contribution in [-0.4, -0.2) is 57.2 Å². The molecule has 0 amide bonds. The fraction of sp³-hybridized carbons (Fsp3) is 0.611. The lowest BCUT2D eigenvalue weighted by Crippen LogP contribution is -2.39. The summed E-state index contributed by atoms with van der Waals surface area (Å²) >= 11 is 0. The first kappa shape index (κ1) is 19.3. The summed E-state index contributed by atoms with van der Waals surface area (Å²) in [6.45, 7) is 9.97. The van der Waals surface area contributed by atoms with E-state index in [1.165, 1.54) is 5.56 Å². The molecule has 2 N–H and O–H groups in total. The molecule has 0 saturated carbocycles. The Morgan fingerprint density at radius 2 is 1.91 bits per heavy atom. The Kier molecular flexibility index (Phi) is 9.14. The maximum absolute atomic E-state index is 5.18. The zero-order chi connectivity index (χ0) is 17.1. The number of nitrogens with zero attached hydrogens (tertiary/aromatic N) is 2. The first-order valence-corrected chi connectivity index (χ1v) is 8.42. The maximum Gasteiger partial charge on any atom is 0.191 e. The van der Waals surface area contributed by atoms with Crippen LogP contribution in [0, 0.1) is 0 Å². The third-order valence-corrected chi connectivity index (χ3v) is 3.81. The first-order chi connectivity index (χ1) is 11.1. The van der Waals surface area contributed by atoms with Crippen LogP contribution in [0.4, 0.5) is 0 Å². The van der Waals surface area contributed by atoms with Gasteiger partial charge in [-0.2, -0.15) is 0 Å². The lowest BCUT2D eigenvalue weighted by molar-refractivity contribution is 0.282. The lowest BCUT2D eigenvalue weighted by Gasteiger charge is -2.20. The zero-order valence-corrected chi connectivity index (χ0v) is 15.2. The highest BCUT2D eigenvalue weighted by Gasteiger charge is 2.02. The van der Waals surface area contributed by atoms with E-state index in [1.54, 1.807) is 7.11 Å². The fourth-order valence-corrected chi connectivity index (χ4v) is 2.04. The van der Waals surface area contributed by atoms with Gasteiger partial charge in [-0.1, -0.05) is 12.1 Å². The highest BCUT2D eigenvalue weighted by atomic mass is 16.5. The Hall–Kier alpha value is -1.75. The van der Waals surface area contributed by atoms with E-state index in [4.69, 9.17) is 4.74 Å². The second-order valence-corrected chi connectivity index (χ2v) is 5.86. The third-order valence-electron chi connectivity index (χ3n) is 3.81. The zero-order valence-electron chi connectivity index (χ0n) is 15.2. The van der Waals surface area contributed by atoms with Gasteiger partial charge in [0.15, 0.2) is 5.96 Å². The Labute approximate surface area is 141 Å². The summed E-state index contributed by atoms with van der Waals surface area (Å²) in [6, 6.07) is 8.74. The van der Waals surface area contributed by atoms with Crippen LogP contribution in [-0.2, 0) is 6.42 Å². The summed E-state index contributed by atoms with van der Waals surface area (Å²) < 4.78 is 5.18. The van der Waals surface area contributed by atoms with Gasteiger partial charge in [0.25, 0.3) is 0 Å². The monoisotopic (exact) mass is 320 g/mol. The molecule has 0 heterocycles. The normalized spacial score (nSPS) is 11.9. The number of likely N-dealkylation sites (N-methyl/N-ethyl adjacent to an activating group) is 1. The van der Waals surface area contributed by atoms with E-state index in [0.29, 0.717) is 6.04 Å². The van der Waals surface area contributed by atoms with E-state index >= 15 is 0 Å². The number of benzene rings is 1. The van der Waals surface area contributed by atoms with Crippen LogP contribution in [0.25, 0.3) is 0 Å². The molecule has 0 spiro atoms. The van der Waals surface area contributed by atoms with Crippen LogP contribution in [0.5, 0.6) is 5.75 Å². The summed E-state index contributed by atoms with van der Waals surface area (Å²) in [5, 5.41) is 6.68. The fourth-order valence-electron chi connectivity index (χ4n) is 2.04. The van der Waals surface area contributed by atoms with E-state index in [1.807, 2.05) is 12.1 Å². The molecule has 23 heavy (non-hydrogen) atoms. The van der Waals surface area contributed by atoms with Crippen LogP contribution in [0.2, 0.25) is 0 Å². The molecule has 5 heteroatoms. The highest BCUT2D eigenvalue weighted by Crippen LogP contribution is 2.11. The molecular formula is C18H32N4O. The van der Waals surface area contributed by atoms with Crippen molar-refractivity contribution in [2.45, 2.75) is 33.2 Å². The number of nitrogens with one attached hydrogen (secondary N) is 2. The van der Waals surface area contributed by atoms with Gasteiger partial charge < -0.3 is 20.3 Å². The van der Waals surface area contributed by atoms with Crippen molar-refractivity contribution in [2.24, 2.45) is 4.99 Å². The molecule has 0 saturated heterocycles. The van der Waals surface area contributed by atoms with Crippen molar-refractivity contribution in [1.29, 1.82) is 0 Å². The van der Waals surface area contributed by atoms with Crippen molar-refractivity contribution in [2.75, 3.05) is 40.3 Å². The van der Waals surface area contributed by atoms with Gasteiger partial charge in [0.1, 0.15) is 5.75 Å². The number of guanidine groups is 1. The lowest BCUT2D eigenvalue weighted by atomic mass is 10.1. The van der Waals surface area contributed by atoms with Crippen molar-refractivity contribution < 1.29 is 4.74 Å². The van der Waals surface area contributed by atoms with Crippen LogP contribution in [0.1, 0.15) is 26.3 Å². The predicted molar refractivity (Wildman–Crippen MR) is 98.4 cm³/mol. The van der Waals surface area contributed by atoms with Crippen LogP contribution >= 0.6 is 0 Å². The molecular weight excluding hydrogens is 288 g/mol. The van der Waals surface area contributed by atoms with Gasteiger partial charge in [0.05, 0.1) is 13.7 Å². The molecule has 130 valence electrons. The number of hydrogen-bond donors (Lipinski definition) is 2. The van der Waals surface area contributed by atoms with Gasteiger partial charge in [-0.15, -0.1) is 0 Å². The van der Waals surface area contributed by atoms with Gasteiger partial charge in [-0.05, 0) is 51.9 Å². The van der Waals surface area contributed by atoms with E-state index < -0.39 is 0 Å². The molecule has 1 aromatic carbocycles. The minimum Gasteiger partial charge on any atom is -0.497 e. The molecule has 5 nitrogen and oxygen atoms in total. The Bertz CT molecular complexity index is 457. The Morgan fingerprint density at radius 3 is 2.48 bits per heavy atom. The summed E-state index contributed by atoms with van der Waals surface area (Å²) in [5.74, 6) is 1.78. The highest BCUT2D eigenvalue weighted by molar-refractivity contribution is 5.79. The summed E-state index contributed by atoms with van der Waals surface area (Å²) in [5.41, 5.74) is 1.29.